The standard InChI is InChI=1S/C15H12INO2/c1-11(18)17(12-7-3-2-4-8-12)15(19)13-9-5-6-10-14(13)16/h2-10H,1H3. The van der Waals surface area contributed by atoms with Gasteiger partial charge >= 0.3 is 0 Å². The first-order valence-corrected chi connectivity index (χ1v) is 6.83. The Kier molecular flexibility index (Phi) is 4.31. The molecule has 0 heterocycles. The monoisotopic (exact) mass is 365 g/mol. The highest BCUT2D eigenvalue weighted by atomic mass is 127. The van der Waals surface area contributed by atoms with Gasteiger partial charge in [-0.1, -0.05) is 30.3 Å². The van der Waals surface area contributed by atoms with Crippen LogP contribution in [0.3, 0.4) is 0 Å². The predicted molar refractivity (Wildman–Crippen MR) is 83.1 cm³/mol. The quantitative estimate of drug-likeness (QED) is 0.765. The Labute approximate surface area is 125 Å². The molecule has 0 saturated heterocycles. The summed E-state index contributed by atoms with van der Waals surface area (Å²) in [6.45, 7) is 1.39. The molecule has 0 fully saturated rings. The smallest absolute Gasteiger partial charge is 0.266 e. The van der Waals surface area contributed by atoms with Gasteiger partial charge in [0.25, 0.3) is 5.91 Å². The topological polar surface area (TPSA) is 37.4 Å². The van der Waals surface area contributed by atoms with Crippen LogP contribution in [-0.2, 0) is 4.79 Å². The molecule has 0 aliphatic heterocycles. The van der Waals surface area contributed by atoms with Gasteiger partial charge in [0.15, 0.2) is 0 Å². The normalized spacial score (nSPS) is 10.0. The van der Waals surface area contributed by atoms with Gasteiger partial charge in [-0.3, -0.25) is 9.59 Å². The fourth-order valence-electron chi connectivity index (χ4n) is 1.77. The van der Waals surface area contributed by atoms with Gasteiger partial charge in [0.1, 0.15) is 0 Å². The Hall–Kier alpha value is -1.69. The molecule has 0 radical (unpaired) electrons. The molecule has 0 aromatic heterocycles. The van der Waals surface area contributed by atoms with Crippen molar-refractivity contribution in [3.63, 3.8) is 0 Å². The fourth-order valence-corrected chi connectivity index (χ4v) is 2.39. The first-order chi connectivity index (χ1) is 9.11. The van der Waals surface area contributed by atoms with Gasteiger partial charge in [0.05, 0.1) is 11.3 Å². The zero-order valence-electron chi connectivity index (χ0n) is 10.3. The van der Waals surface area contributed by atoms with E-state index < -0.39 is 0 Å². The van der Waals surface area contributed by atoms with Gasteiger partial charge in [0, 0.05) is 10.5 Å². The lowest BCUT2D eigenvalue weighted by Crippen LogP contribution is -2.35. The number of carbonyl (C=O) groups excluding carboxylic acids is 2. The zero-order chi connectivity index (χ0) is 13.8. The fraction of sp³-hybridized carbons (Fsp3) is 0.0667. The highest BCUT2D eigenvalue weighted by Gasteiger charge is 2.22. The van der Waals surface area contributed by atoms with Crippen LogP contribution in [0.4, 0.5) is 5.69 Å². The molecule has 96 valence electrons. The molecule has 4 heteroatoms. The van der Waals surface area contributed by atoms with Gasteiger partial charge < -0.3 is 0 Å². The Morgan fingerprint density at radius 1 is 0.947 bits per heavy atom. The predicted octanol–water partition coefficient (Wildman–Crippen LogP) is 3.48. The van der Waals surface area contributed by atoms with E-state index in [1.807, 2.05) is 18.2 Å². The minimum Gasteiger partial charge on any atom is -0.274 e. The van der Waals surface area contributed by atoms with Gasteiger partial charge in [0.2, 0.25) is 5.91 Å². The maximum Gasteiger partial charge on any atom is 0.266 e. The van der Waals surface area contributed by atoms with Crippen LogP contribution in [0, 0.1) is 3.57 Å². The van der Waals surface area contributed by atoms with Crippen LogP contribution in [0.2, 0.25) is 0 Å². The van der Waals surface area contributed by atoms with Gasteiger partial charge in [-0.25, -0.2) is 4.90 Å². The minimum absolute atomic E-state index is 0.296. The van der Waals surface area contributed by atoms with Gasteiger partial charge in [-0.2, -0.15) is 0 Å². The number of nitrogens with zero attached hydrogens (tertiary/aromatic N) is 1. The van der Waals surface area contributed by atoms with Crippen molar-refractivity contribution in [2.45, 2.75) is 6.92 Å². The number of benzene rings is 2. The average molecular weight is 365 g/mol. The second-order valence-corrected chi connectivity index (χ2v) is 5.14. The van der Waals surface area contributed by atoms with Crippen LogP contribution in [0.15, 0.2) is 54.6 Å². The average Bonchev–Trinajstić information content (AvgIpc) is 2.40. The number of hydrogen-bond acceptors (Lipinski definition) is 2. The minimum atomic E-state index is -0.302. The lowest BCUT2D eigenvalue weighted by atomic mass is 10.2. The number of halogens is 1. The Morgan fingerprint density at radius 3 is 2.11 bits per heavy atom. The number of amides is 2. The summed E-state index contributed by atoms with van der Waals surface area (Å²) in [6.07, 6.45) is 0. The molecule has 0 saturated carbocycles. The summed E-state index contributed by atoms with van der Waals surface area (Å²) in [5, 5.41) is 0. The lowest BCUT2D eigenvalue weighted by molar-refractivity contribution is -0.115. The zero-order valence-corrected chi connectivity index (χ0v) is 12.5. The molecule has 0 bridgehead atoms. The largest absolute Gasteiger partial charge is 0.274 e. The summed E-state index contributed by atoms with van der Waals surface area (Å²) in [7, 11) is 0. The van der Waals surface area contributed by atoms with Crippen LogP contribution in [0.1, 0.15) is 17.3 Å². The molecular weight excluding hydrogens is 353 g/mol. The first kappa shape index (κ1) is 13.7. The maximum atomic E-state index is 12.5. The molecule has 2 rings (SSSR count). The van der Waals surface area contributed by atoms with E-state index in [1.165, 1.54) is 11.8 Å². The van der Waals surface area contributed by atoms with E-state index in [9.17, 15) is 9.59 Å². The number of rotatable bonds is 2. The number of para-hydroxylation sites is 1. The molecule has 0 atom stereocenters. The van der Waals surface area contributed by atoms with Crippen LogP contribution in [-0.4, -0.2) is 11.8 Å². The van der Waals surface area contributed by atoms with E-state index in [0.29, 0.717) is 11.3 Å². The summed E-state index contributed by atoms with van der Waals surface area (Å²) >= 11 is 2.09. The molecule has 2 aromatic rings. The van der Waals surface area contributed by atoms with Crippen molar-refractivity contribution in [3.8, 4) is 0 Å². The lowest BCUT2D eigenvalue weighted by Gasteiger charge is -2.19. The maximum absolute atomic E-state index is 12.5. The number of imide groups is 1. The molecule has 0 N–H and O–H groups in total. The number of carbonyl (C=O) groups is 2. The van der Waals surface area contributed by atoms with E-state index in [0.717, 1.165) is 3.57 Å². The number of anilines is 1. The highest BCUT2D eigenvalue weighted by molar-refractivity contribution is 14.1. The van der Waals surface area contributed by atoms with E-state index in [1.54, 1.807) is 36.4 Å². The Balaban J connectivity index is 2.44. The molecular formula is C15H12INO2. The summed E-state index contributed by atoms with van der Waals surface area (Å²) in [4.78, 5) is 25.5. The summed E-state index contributed by atoms with van der Waals surface area (Å²) in [6, 6.07) is 16.2. The molecule has 2 amide bonds. The van der Waals surface area contributed by atoms with Crippen LogP contribution < -0.4 is 4.90 Å². The van der Waals surface area contributed by atoms with Crippen molar-refractivity contribution in [1.82, 2.24) is 0 Å². The van der Waals surface area contributed by atoms with E-state index >= 15 is 0 Å². The molecule has 19 heavy (non-hydrogen) atoms. The van der Waals surface area contributed by atoms with Crippen molar-refractivity contribution in [2.24, 2.45) is 0 Å². The van der Waals surface area contributed by atoms with Crippen LogP contribution >= 0.6 is 22.6 Å². The molecule has 0 spiro atoms. The highest BCUT2D eigenvalue weighted by Crippen LogP contribution is 2.20. The van der Waals surface area contributed by atoms with Crippen molar-refractivity contribution in [2.75, 3.05) is 4.90 Å². The Bertz CT molecular complexity index is 611. The SMILES string of the molecule is CC(=O)N(C(=O)c1ccccc1I)c1ccccc1. The Morgan fingerprint density at radius 2 is 1.53 bits per heavy atom. The molecule has 0 aliphatic carbocycles. The number of hydrogen-bond donors (Lipinski definition) is 0. The van der Waals surface area contributed by atoms with Gasteiger partial charge in [-0.15, -0.1) is 0 Å². The third-order valence-electron chi connectivity index (χ3n) is 2.64. The van der Waals surface area contributed by atoms with Crippen LogP contribution in [0.5, 0.6) is 0 Å². The molecule has 0 aliphatic rings. The summed E-state index contributed by atoms with van der Waals surface area (Å²) in [5.74, 6) is -0.598. The summed E-state index contributed by atoms with van der Waals surface area (Å²) < 4.78 is 0.826. The van der Waals surface area contributed by atoms with Crippen LogP contribution in [0.25, 0.3) is 0 Å². The third kappa shape index (κ3) is 3.01. The van der Waals surface area contributed by atoms with E-state index in [4.69, 9.17) is 0 Å². The summed E-state index contributed by atoms with van der Waals surface area (Å²) in [5.41, 5.74) is 1.11. The second-order valence-electron chi connectivity index (χ2n) is 3.97. The van der Waals surface area contributed by atoms with Crippen molar-refractivity contribution in [3.05, 3.63) is 63.7 Å². The molecule has 3 nitrogen and oxygen atoms in total. The van der Waals surface area contributed by atoms with Gasteiger partial charge in [-0.05, 0) is 46.9 Å². The second kappa shape index (κ2) is 5.97. The van der Waals surface area contributed by atoms with Crippen molar-refractivity contribution >= 4 is 40.1 Å². The van der Waals surface area contributed by atoms with Crippen molar-refractivity contribution in [1.29, 1.82) is 0 Å². The first-order valence-electron chi connectivity index (χ1n) is 5.76. The van der Waals surface area contributed by atoms with E-state index in [-0.39, 0.29) is 11.8 Å². The molecule has 0 unspecified atom stereocenters. The molecule has 2 aromatic carbocycles. The van der Waals surface area contributed by atoms with Crippen molar-refractivity contribution < 1.29 is 9.59 Å². The third-order valence-corrected chi connectivity index (χ3v) is 3.58. The van der Waals surface area contributed by atoms with E-state index in [2.05, 4.69) is 22.6 Å².